The Kier molecular flexibility index (Phi) is 3.86. The van der Waals surface area contributed by atoms with Gasteiger partial charge < -0.3 is 0 Å². The fourth-order valence-electron chi connectivity index (χ4n) is 2.87. The van der Waals surface area contributed by atoms with Crippen LogP contribution < -0.4 is 5.32 Å². The van der Waals surface area contributed by atoms with Gasteiger partial charge in [0.1, 0.15) is 12.7 Å². The van der Waals surface area contributed by atoms with Crippen LogP contribution in [-0.2, 0) is 12.8 Å². The summed E-state index contributed by atoms with van der Waals surface area (Å²) in [5.74, 6) is 0.560. The predicted octanol–water partition coefficient (Wildman–Crippen LogP) is 3.10. The molecule has 24 heavy (non-hydrogen) atoms. The number of fused-ring (bicyclic) bond motifs is 1. The van der Waals surface area contributed by atoms with Gasteiger partial charge in [-0.05, 0) is 49.4 Å². The number of benzene rings is 1. The predicted molar refractivity (Wildman–Crippen MR) is 92.6 cm³/mol. The Labute approximate surface area is 143 Å². The molecule has 6 nitrogen and oxygen atoms in total. The lowest BCUT2D eigenvalue weighted by Crippen LogP contribution is -2.12. The second-order valence-corrected chi connectivity index (χ2v) is 7.16. The molecule has 4 rings (SSSR count). The molecule has 0 bridgehead atoms. The second-order valence-electron chi connectivity index (χ2n) is 6.08. The smallest absolute Gasteiger partial charge is 0.257 e. The lowest BCUT2D eigenvalue weighted by molar-refractivity contribution is 0.102. The van der Waals surface area contributed by atoms with E-state index in [1.165, 1.54) is 17.6 Å². The summed E-state index contributed by atoms with van der Waals surface area (Å²) in [6, 6.07) is 7.25. The van der Waals surface area contributed by atoms with E-state index in [1.807, 2.05) is 12.1 Å². The quantitative estimate of drug-likeness (QED) is 0.796. The minimum absolute atomic E-state index is 0.140. The van der Waals surface area contributed by atoms with Gasteiger partial charge in [-0.15, -0.1) is 11.3 Å². The normalized spacial score (nSPS) is 16.6. The lowest BCUT2D eigenvalue weighted by Gasteiger charge is -2.15. The summed E-state index contributed by atoms with van der Waals surface area (Å²) in [6.07, 6.45) is 6.35. The number of carbonyl (C=O) groups excluding carboxylic acids is 1. The number of hydrogen-bond donors (Lipinski definition) is 1. The van der Waals surface area contributed by atoms with Crippen molar-refractivity contribution in [3.63, 3.8) is 0 Å². The van der Waals surface area contributed by atoms with E-state index in [0.29, 0.717) is 16.6 Å². The van der Waals surface area contributed by atoms with Crippen LogP contribution in [0.25, 0.3) is 5.69 Å². The van der Waals surface area contributed by atoms with Gasteiger partial charge in [-0.1, -0.05) is 6.92 Å². The summed E-state index contributed by atoms with van der Waals surface area (Å²) in [4.78, 5) is 22.2. The molecular weight excluding hydrogens is 322 g/mol. The Bertz CT molecular complexity index is 854. The van der Waals surface area contributed by atoms with Gasteiger partial charge in [-0.25, -0.2) is 14.6 Å². The van der Waals surface area contributed by atoms with Crippen molar-refractivity contribution in [1.29, 1.82) is 0 Å². The van der Waals surface area contributed by atoms with E-state index in [1.54, 1.807) is 34.5 Å². The summed E-state index contributed by atoms with van der Waals surface area (Å²) < 4.78 is 1.65. The van der Waals surface area contributed by atoms with Crippen molar-refractivity contribution in [3.8, 4) is 5.69 Å². The molecule has 3 aromatic rings. The zero-order chi connectivity index (χ0) is 16.5. The fraction of sp³-hybridized carbons (Fsp3) is 0.294. The zero-order valence-corrected chi connectivity index (χ0v) is 14.1. The first-order valence-corrected chi connectivity index (χ1v) is 8.75. The molecule has 0 aliphatic heterocycles. The lowest BCUT2D eigenvalue weighted by atomic mass is 9.93. The SMILES string of the molecule is C[C@@H]1CCc2nc(NC(=O)c3ccc(-n4cncn4)cc3)sc2C1. The number of thiazole rings is 1. The zero-order valence-electron chi connectivity index (χ0n) is 13.3. The van der Waals surface area contributed by atoms with Crippen LogP contribution in [0, 0.1) is 5.92 Å². The molecular formula is C17H17N5OS. The van der Waals surface area contributed by atoms with Crippen molar-refractivity contribution in [2.24, 2.45) is 5.92 Å². The number of rotatable bonds is 3. The molecule has 122 valence electrons. The van der Waals surface area contributed by atoms with Crippen LogP contribution in [0.2, 0.25) is 0 Å². The molecule has 0 unspecified atom stereocenters. The number of carbonyl (C=O) groups is 1. The highest BCUT2D eigenvalue weighted by molar-refractivity contribution is 7.15. The molecule has 0 spiro atoms. The Balaban J connectivity index is 1.48. The largest absolute Gasteiger partial charge is 0.298 e. The van der Waals surface area contributed by atoms with Crippen LogP contribution in [-0.4, -0.2) is 25.7 Å². The molecule has 1 aromatic carbocycles. The number of aromatic nitrogens is 4. The van der Waals surface area contributed by atoms with Crippen molar-refractivity contribution >= 4 is 22.4 Å². The molecule has 1 aliphatic rings. The molecule has 0 saturated carbocycles. The first kappa shape index (κ1) is 15.0. The summed E-state index contributed by atoms with van der Waals surface area (Å²) in [7, 11) is 0. The molecule has 1 atom stereocenters. The summed E-state index contributed by atoms with van der Waals surface area (Å²) in [6.45, 7) is 2.26. The third-order valence-corrected chi connectivity index (χ3v) is 5.25. The van der Waals surface area contributed by atoms with Crippen LogP contribution >= 0.6 is 11.3 Å². The molecule has 0 radical (unpaired) electrons. The van der Waals surface area contributed by atoms with Crippen LogP contribution in [0.15, 0.2) is 36.9 Å². The highest BCUT2D eigenvalue weighted by Gasteiger charge is 2.20. The molecule has 1 aliphatic carbocycles. The van der Waals surface area contributed by atoms with E-state index in [4.69, 9.17) is 0 Å². The molecule has 2 heterocycles. The van der Waals surface area contributed by atoms with Crippen molar-refractivity contribution in [2.75, 3.05) is 5.32 Å². The molecule has 0 fully saturated rings. The van der Waals surface area contributed by atoms with E-state index < -0.39 is 0 Å². The van der Waals surface area contributed by atoms with E-state index in [-0.39, 0.29) is 5.91 Å². The summed E-state index contributed by atoms with van der Waals surface area (Å²) in [5.41, 5.74) is 2.61. The van der Waals surface area contributed by atoms with Crippen molar-refractivity contribution in [2.45, 2.75) is 26.2 Å². The highest BCUT2D eigenvalue weighted by atomic mass is 32.1. The van der Waals surface area contributed by atoms with Crippen LogP contribution in [0.4, 0.5) is 5.13 Å². The number of hydrogen-bond acceptors (Lipinski definition) is 5. The van der Waals surface area contributed by atoms with Crippen LogP contribution in [0.3, 0.4) is 0 Å². The third kappa shape index (κ3) is 2.94. The van der Waals surface area contributed by atoms with Gasteiger partial charge in [0.25, 0.3) is 5.91 Å². The number of anilines is 1. The first-order valence-electron chi connectivity index (χ1n) is 7.94. The Hall–Kier alpha value is -2.54. The summed E-state index contributed by atoms with van der Waals surface area (Å²) in [5, 5.41) is 7.68. The maximum atomic E-state index is 12.4. The Morgan fingerprint density at radius 1 is 1.33 bits per heavy atom. The van der Waals surface area contributed by atoms with E-state index in [2.05, 4.69) is 27.3 Å². The minimum atomic E-state index is -0.140. The standard InChI is InChI=1S/C17H17N5OS/c1-11-2-7-14-15(8-11)24-17(20-14)21-16(23)12-3-5-13(6-4-12)22-10-18-9-19-22/h3-6,9-11H,2,7-8H2,1H3,(H,20,21,23)/t11-/m1/s1. The van der Waals surface area contributed by atoms with Gasteiger partial charge >= 0.3 is 0 Å². The van der Waals surface area contributed by atoms with E-state index in [0.717, 1.165) is 24.2 Å². The maximum Gasteiger partial charge on any atom is 0.257 e. The van der Waals surface area contributed by atoms with Crippen molar-refractivity contribution in [1.82, 2.24) is 19.7 Å². The Morgan fingerprint density at radius 3 is 2.92 bits per heavy atom. The number of amides is 1. The molecule has 1 amide bonds. The minimum Gasteiger partial charge on any atom is -0.298 e. The summed E-state index contributed by atoms with van der Waals surface area (Å²) >= 11 is 1.60. The van der Waals surface area contributed by atoms with Crippen LogP contribution in [0.1, 0.15) is 34.3 Å². The molecule has 2 aromatic heterocycles. The molecule has 7 heteroatoms. The Morgan fingerprint density at radius 2 is 2.17 bits per heavy atom. The molecule has 1 N–H and O–H groups in total. The van der Waals surface area contributed by atoms with Gasteiger partial charge in [0.05, 0.1) is 11.4 Å². The van der Waals surface area contributed by atoms with Gasteiger partial charge in [-0.2, -0.15) is 5.10 Å². The fourth-order valence-corrected chi connectivity index (χ4v) is 4.04. The average Bonchev–Trinajstić information content (AvgIpc) is 3.23. The second kappa shape index (κ2) is 6.16. The third-order valence-electron chi connectivity index (χ3n) is 4.22. The van der Waals surface area contributed by atoms with Gasteiger partial charge in [-0.3, -0.25) is 10.1 Å². The topological polar surface area (TPSA) is 72.7 Å². The average molecular weight is 339 g/mol. The first-order chi connectivity index (χ1) is 11.7. The van der Waals surface area contributed by atoms with Gasteiger partial charge in [0, 0.05) is 10.4 Å². The number of aryl methyl sites for hydroxylation is 1. The van der Waals surface area contributed by atoms with Gasteiger partial charge in [0.2, 0.25) is 0 Å². The van der Waals surface area contributed by atoms with E-state index >= 15 is 0 Å². The van der Waals surface area contributed by atoms with Gasteiger partial charge in [0.15, 0.2) is 5.13 Å². The van der Waals surface area contributed by atoms with E-state index in [9.17, 15) is 4.79 Å². The van der Waals surface area contributed by atoms with Crippen LogP contribution in [0.5, 0.6) is 0 Å². The maximum absolute atomic E-state index is 12.4. The number of nitrogens with zero attached hydrogens (tertiary/aromatic N) is 4. The molecule has 0 saturated heterocycles. The highest BCUT2D eigenvalue weighted by Crippen LogP contribution is 2.32. The monoisotopic (exact) mass is 339 g/mol. The van der Waals surface area contributed by atoms with Crippen molar-refractivity contribution < 1.29 is 4.79 Å². The van der Waals surface area contributed by atoms with Crippen molar-refractivity contribution in [3.05, 3.63) is 53.1 Å². The number of nitrogens with one attached hydrogen (secondary N) is 1.